The van der Waals surface area contributed by atoms with Crippen molar-refractivity contribution in [3.63, 3.8) is 0 Å². The molecule has 1 saturated heterocycles. The Kier molecular flexibility index (Phi) is 5.24. The fourth-order valence-corrected chi connectivity index (χ4v) is 3.89. The topological polar surface area (TPSA) is 59.2 Å². The van der Waals surface area contributed by atoms with Gasteiger partial charge >= 0.3 is 0 Å². The molecule has 28 heavy (non-hydrogen) atoms. The first kappa shape index (κ1) is 18.4. The number of hydrogen-bond acceptors (Lipinski definition) is 4. The first-order valence-corrected chi connectivity index (χ1v) is 9.84. The molecule has 1 amide bonds. The molecule has 0 N–H and O–H groups in total. The highest BCUT2D eigenvalue weighted by Crippen LogP contribution is 2.24. The van der Waals surface area contributed by atoms with Gasteiger partial charge < -0.3 is 9.42 Å². The van der Waals surface area contributed by atoms with Crippen LogP contribution in [0.3, 0.4) is 0 Å². The van der Waals surface area contributed by atoms with Gasteiger partial charge in [0.2, 0.25) is 11.7 Å². The third kappa shape index (κ3) is 3.98. The van der Waals surface area contributed by atoms with E-state index in [0.717, 1.165) is 48.2 Å². The monoisotopic (exact) mass is 375 g/mol. The van der Waals surface area contributed by atoms with E-state index in [4.69, 9.17) is 4.52 Å². The van der Waals surface area contributed by atoms with Crippen molar-refractivity contribution < 1.29 is 9.32 Å². The minimum atomic E-state index is 0.111. The van der Waals surface area contributed by atoms with E-state index in [1.54, 1.807) is 0 Å². The van der Waals surface area contributed by atoms with E-state index in [0.29, 0.717) is 24.1 Å². The predicted molar refractivity (Wildman–Crippen MR) is 108 cm³/mol. The van der Waals surface area contributed by atoms with E-state index in [2.05, 4.69) is 10.1 Å². The van der Waals surface area contributed by atoms with Gasteiger partial charge in [0.1, 0.15) is 0 Å². The fraction of sp³-hybridized carbons (Fsp3) is 0.348. The third-order valence-corrected chi connectivity index (χ3v) is 5.39. The quantitative estimate of drug-likeness (QED) is 0.676. The smallest absolute Gasteiger partial charge is 0.253 e. The lowest BCUT2D eigenvalue weighted by Gasteiger charge is -2.32. The summed E-state index contributed by atoms with van der Waals surface area (Å²) in [5.41, 5.74) is 3.99. The lowest BCUT2D eigenvalue weighted by Crippen LogP contribution is -2.40. The molecule has 4 rings (SSSR count). The van der Waals surface area contributed by atoms with Crippen molar-refractivity contribution in [3.05, 3.63) is 71.1 Å². The SMILES string of the molecule is Cc1cccc(C(=O)N2CCCC(Cc3nc(-c4ccccc4C)no3)C2)c1. The van der Waals surface area contributed by atoms with Gasteiger partial charge in [0.15, 0.2) is 0 Å². The van der Waals surface area contributed by atoms with Crippen LogP contribution in [-0.2, 0) is 6.42 Å². The van der Waals surface area contributed by atoms with Crippen LogP contribution in [0.1, 0.15) is 40.2 Å². The Hall–Kier alpha value is -2.95. The first-order valence-electron chi connectivity index (χ1n) is 9.84. The number of benzene rings is 2. The maximum Gasteiger partial charge on any atom is 0.253 e. The van der Waals surface area contributed by atoms with Crippen molar-refractivity contribution in [1.82, 2.24) is 15.0 Å². The van der Waals surface area contributed by atoms with Gasteiger partial charge in [-0.1, -0.05) is 47.1 Å². The highest BCUT2D eigenvalue weighted by molar-refractivity contribution is 5.94. The number of carbonyl (C=O) groups excluding carboxylic acids is 1. The molecule has 1 aromatic heterocycles. The molecule has 0 spiro atoms. The molecule has 0 radical (unpaired) electrons. The molecular formula is C23H25N3O2. The van der Waals surface area contributed by atoms with E-state index in [-0.39, 0.29) is 5.91 Å². The van der Waals surface area contributed by atoms with E-state index in [1.165, 1.54) is 0 Å². The number of carbonyl (C=O) groups is 1. The number of likely N-dealkylation sites (tertiary alicyclic amines) is 1. The average molecular weight is 375 g/mol. The van der Waals surface area contributed by atoms with Crippen molar-refractivity contribution in [2.75, 3.05) is 13.1 Å². The molecule has 2 aromatic carbocycles. The number of hydrogen-bond donors (Lipinski definition) is 0. The highest BCUT2D eigenvalue weighted by Gasteiger charge is 2.26. The minimum absolute atomic E-state index is 0.111. The molecule has 1 fully saturated rings. The molecule has 1 atom stereocenters. The van der Waals surface area contributed by atoms with Gasteiger partial charge in [0.05, 0.1) is 0 Å². The summed E-state index contributed by atoms with van der Waals surface area (Å²) in [6.07, 6.45) is 2.77. The maximum atomic E-state index is 12.9. The second-order valence-electron chi connectivity index (χ2n) is 7.66. The Morgan fingerprint density at radius 2 is 2.04 bits per heavy atom. The molecule has 0 bridgehead atoms. The van der Waals surface area contributed by atoms with Crippen LogP contribution in [0.25, 0.3) is 11.4 Å². The zero-order valence-corrected chi connectivity index (χ0v) is 16.4. The van der Waals surface area contributed by atoms with E-state index in [1.807, 2.05) is 67.3 Å². The highest BCUT2D eigenvalue weighted by atomic mass is 16.5. The molecule has 1 aliphatic rings. The number of amides is 1. The van der Waals surface area contributed by atoms with E-state index in [9.17, 15) is 4.79 Å². The molecule has 5 nitrogen and oxygen atoms in total. The minimum Gasteiger partial charge on any atom is -0.339 e. The lowest BCUT2D eigenvalue weighted by atomic mass is 9.94. The lowest BCUT2D eigenvalue weighted by molar-refractivity contribution is 0.0668. The van der Waals surface area contributed by atoms with Gasteiger partial charge in [-0.05, 0) is 50.3 Å². The fourth-order valence-electron chi connectivity index (χ4n) is 3.89. The number of nitrogens with zero attached hydrogens (tertiary/aromatic N) is 3. The molecular weight excluding hydrogens is 350 g/mol. The largest absolute Gasteiger partial charge is 0.339 e. The summed E-state index contributed by atoms with van der Waals surface area (Å²) in [5, 5.41) is 4.16. The van der Waals surface area contributed by atoms with Crippen LogP contribution >= 0.6 is 0 Å². The van der Waals surface area contributed by atoms with Crippen LogP contribution in [-0.4, -0.2) is 34.0 Å². The Labute approximate surface area is 165 Å². The molecule has 144 valence electrons. The standard InChI is InChI=1S/C23H25N3O2/c1-16-7-5-10-19(13-16)23(27)26-12-6-9-18(15-26)14-21-24-22(25-28-21)20-11-4-3-8-17(20)2/h3-5,7-8,10-11,13,18H,6,9,12,14-15H2,1-2H3. The molecule has 5 heteroatoms. The van der Waals surface area contributed by atoms with Crippen LogP contribution < -0.4 is 0 Å². The van der Waals surface area contributed by atoms with Crippen LogP contribution in [0.2, 0.25) is 0 Å². The van der Waals surface area contributed by atoms with Crippen LogP contribution in [0, 0.1) is 19.8 Å². The summed E-state index contributed by atoms with van der Waals surface area (Å²) in [7, 11) is 0. The zero-order chi connectivity index (χ0) is 19.5. The summed E-state index contributed by atoms with van der Waals surface area (Å²) >= 11 is 0. The summed E-state index contributed by atoms with van der Waals surface area (Å²) in [5.74, 6) is 1.73. The van der Waals surface area contributed by atoms with Gasteiger partial charge in [-0.25, -0.2) is 0 Å². The second kappa shape index (κ2) is 7.97. The number of piperidine rings is 1. The van der Waals surface area contributed by atoms with Crippen LogP contribution in [0.4, 0.5) is 0 Å². The molecule has 1 aliphatic heterocycles. The normalized spacial score (nSPS) is 16.9. The van der Waals surface area contributed by atoms with Crippen molar-refractivity contribution in [2.45, 2.75) is 33.1 Å². The number of aryl methyl sites for hydroxylation is 2. The van der Waals surface area contributed by atoms with E-state index < -0.39 is 0 Å². The van der Waals surface area contributed by atoms with Crippen molar-refractivity contribution in [1.29, 1.82) is 0 Å². The van der Waals surface area contributed by atoms with Crippen molar-refractivity contribution >= 4 is 5.91 Å². The van der Waals surface area contributed by atoms with Crippen molar-refractivity contribution in [2.24, 2.45) is 5.92 Å². The summed E-state index contributed by atoms with van der Waals surface area (Å²) in [6.45, 7) is 5.59. The zero-order valence-electron chi connectivity index (χ0n) is 16.4. The summed E-state index contributed by atoms with van der Waals surface area (Å²) in [6, 6.07) is 15.8. The Balaban J connectivity index is 1.43. The van der Waals surface area contributed by atoms with Gasteiger partial charge in [0.25, 0.3) is 5.91 Å². The van der Waals surface area contributed by atoms with Gasteiger partial charge in [-0.15, -0.1) is 0 Å². The maximum absolute atomic E-state index is 12.9. The van der Waals surface area contributed by atoms with E-state index >= 15 is 0 Å². The summed E-state index contributed by atoms with van der Waals surface area (Å²) < 4.78 is 5.51. The predicted octanol–water partition coefficient (Wildman–Crippen LogP) is 4.45. The Bertz CT molecular complexity index is 979. The Morgan fingerprint density at radius 3 is 2.86 bits per heavy atom. The summed E-state index contributed by atoms with van der Waals surface area (Å²) in [4.78, 5) is 19.4. The number of aromatic nitrogens is 2. The van der Waals surface area contributed by atoms with Crippen LogP contribution in [0.5, 0.6) is 0 Å². The molecule has 1 unspecified atom stereocenters. The molecule has 0 aliphatic carbocycles. The average Bonchev–Trinajstić information content (AvgIpc) is 3.16. The molecule has 3 aromatic rings. The second-order valence-corrected chi connectivity index (χ2v) is 7.66. The van der Waals surface area contributed by atoms with Gasteiger partial charge in [0, 0.05) is 30.6 Å². The van der Waals surface area contributed by atoms with Gasteiger partial charge in [-0.3, -0.25) is 4.79 Å². The number of rotatable bonds is 4. The molecule has 2 heterocycles. The van der Waals surface area contributed by atoms with Crippen LogP contribution in [0.15, 0.2) is 53.1 Å². The molecule has 0 saturated carbocycles. The van der Waals surface area contributed by atoms with Crippen molar-refractivity contribution in [3.8, 4) is 11.4 Å². The van der Waals surface area contributed by atoms with Gasteiger partial charge in [-0.2, -0.15) is 4.98 Å². The first-order chi connectivity index (χ1) is 13.6. The third-order valence-electron chi connectivity index (χ3n) is 5.39. The Morgan fingerprint density at radius 1 is 1.18 bits per heavy atom.